The molecule has 2 rings (SSSR count). The molecule has 1 aliphatic rings. The zero-order valence-corrected chi connectivity index (χ0v) is 11.6. The molecule has 4 heteroatoms. The van der Waals surface area contributed by atoms with E-state index in [9.17, 15) is 8.42 Å². The van der Waals surface area contributed by atoms with Gasteiger partial charge < -0.3 is 0 Å². The molecule has 1 aliphatic carbocycles. The van der Waals surface area contributed by atoms with Gasteiger partial charge in [0.2, 0.25) is 10.0 Å². The zero-order valence-electron chi connectivity index (χ0n) is 10.8. The summed E-state index contributed by atoms with van der Waals surface area (Å²) in [5, 5.41) is 0. The van der Waals surface area contributed by atoms with Gasteiger partial charge in [0.05, 0.1) is 4.90 Å². The Morgan fingerprint density at radius 3 is 2.50 bits per heavy atom. The van der Waals surface area contributed by atoms with Gasteiger partial charge in [-0.3, -0.25) is 0 Å². The van der Waals surface area contributed by atoms with Gasteiger partial charge >= 0.3 is 0 Å². The van der Waals surface area contributed by atoms with E-state index in [2.05, 4.69) is 11.6 Å². The lowest BCUT2D eigenvalue weighted by molar-refractivity contribution is 0.257. The summed E-state index contributed by atoms with van der Waals surface area (Å²) >= 11 is 0. The van der Waals surface area contributed by atoms with Crippen molar-refractivity contribution >= 4 is 10.0 Å². The predicted octanol–water partition coefficient (Wildman–Crippen LogP) is 2.79. The van der Waals surface area contributed by atoms with E-state index in [0.717, 1.165) is 6.42 Å². The van der Waals surface area contributed by atoms with Gasteiger partial charge in [0.25, 0.3) is 0 Å². The summed E-state index contributed by atoms with van der Waals surface area (Å²) in [7, 11) is -3.33. The number of nitrogens with one attached hydrogen (secondary N) is 1. The van der Waals surface area contributed by atoms with Crippen molar-refractivity contribution in [3.63, 3.8) is 0 Å². The fourth-order valence-corrected chi connectivity index (χ4v) is 3.71. The third kappa shape index (κ3) is 3.33. The van der Waals surface area contributed by atoms with Crippen LogP contribution in [0.25, 0.3) is 0 Å². The maximum absolute atomic E-state index is 12.1. The standard InChI is InChI=1S/C14H21NO2S/c1-12-7-5-6-8-13(12)11-15-18(16,17)14-9-3-2-4-10-14/h2-4,9-10,12-13,15H,5-8,11H2,1H3. The second-order valence-corrected chi connectivity index (χ2v) is 6.95. The number of rotatable bonds is 4. The maximum Gasteiger partial charge on any atom is 0.240 e. The van der Waals surface area contributed by atoms with Crippen LogP contribution < -0.4 is 4.72 Å². The highest BCUT2D eigenvalue weighted by molar-refractivity contribution is 7.89. The Morgan fingerprint density at radius 2 is 1.83 bits per heavy atom. The highest BCUT2D eigenvalue weighted by Gasteiger charge is 2.23. The number of sulfonamides is 1. The maximum atomic E-state index is 12.1. The molecule has 1 N–H and O–H groups in total. The SMILES string of the molecule is CC1CCCCC1CNS(=O)(=O)c1ccccc1. The number of benzene rings is 1. The third-order valence-electron chi connectivity index (χ3n) is 3.88. The molecule has 100 valence electrons. The molecule has 0 heterocycles. The van der Waals surface area contributed by atoms with Crippen molar-refractivity contribution in [2.75, 3.05) is 6.54 Å². The molecule has 1 aromatic rings. The van der Waals surface area contributed by atoms with E-state index < -0.39 is 10.0 Å². The summed E-state index contributed by atoms with van der Waals surface area (Å²) in [4.78, 5) is 0.355. The van der Waals surface area contributed by atoms with Gasteiger partial charge in [0.1, 0.15) is 0 Å². The molecule has 2 unspecified atom stereocenters. The van der Waals surface area contributed by atoms with Crippen molar-refractivity contribution in [1.82, 2.24) is 4.72 Å². The Hall–Kier alpha value is -0.870. The van der Waals surface area contributed by atoms with E-state index in [4.69, 9.17) is 0 Å². The molecule has 1 saturated carbocycles. The molecule has 18 heavy (non-hydrogen) atoms. The molecule has 1 aromatic carbocycles. The Labute approximate surface area is 110 Å². The predicted molar refractivity (Wildman–Crippen MR) is 72.8 cm³/mol. The van der Waals surface area contributed by atoms with E-state index in [0.29, 0.717) is 23.3 Å². The molecule has 0 aliphatic heterocycles. The first-order valence-electron chi connectivity index (χ1n) is 6.64. The Kier molecular flexibility index (Phi) is 4.40. The summed E-state index contributed by atoms with van der Waals surface area (Å²) in [6, 6.07) is 8.58. The van der Waals surface area contributed by atoms with Gasteiger partial charge in [-0.1, -0.05) is 44.4 Å². The van der Waals surface area contributed by atoms with Crippen LogP contribution in [0.4, 0.5) is 0 Å². The van der Waals surface area contributed by atoms with Crippen LogP contribution in [0, 0.1) is 11.8 Å². The largest absolute Gasteiger partial charge is 0.240 e. The quantitative estimate of drug-likeness (QED) is 0.911. The van der Waals surface area contributed by atoms with Gasteiger partial charge in [-0.15, -0.1) is 0 Å². The normalized spacial score (nSPS) is 24.9. The van der Waals surface area contributed by atoms with E-state index in [1.807, 2.05) is 6.07 Å². The topological polar surface area (TPSA) is 46.2 Å². The van der Waals surface area contributed by atoms with Gasteiger partial charge in [-0.2, -0.15) is 0 Å². The second kappa shape index (κ2) is 5.85. The molecule has 0 bridgehead atoms. The minimum atomic E-state index is -3.33. The van der Waals surface area contributed by atoms with Gasteiger partial charge in [0, 0.05) is 6.54 Å². The van der Waals surface area contributed by atoms with E-state index in [-0.39, 0.29) is 0 Å². The monoisotopic (exact) mass is 267 g/mol. The van der Waals surface area contributed by atoms with Gasteiger partial charge in [-0.05, 0) is 30.4 Å². The lowest BCUT2D eigenvalue weighted by atomic mass is 9.81. The van der Waals surface area contributed by atoms with Crippen molar-refractivity contribution in [2.45, 2.75) is 37.5 Å². The van der Waals surface area contributed by atoms with Crippen molar-refractivity contribution < 1.29 is 8.42 Å². The first-order valence-corrected chi connectivity index (χ1v) is 8.12. The van der Waals surface area contributed by atoms with E-state index in [1.165, 1.54) is 19.3 Å². The summed E-state index contributed by atoms with van der Waals surface area (Å²) < 4.78 is 26.9. The third-order valence-corrected chi connectivity index (χ3v) is 5.32. The highest BCUT2D eigenvalue weighted by atomic mass is 32.2. The van der Waals surface area contributed by atoms with Crippen LogP contribution in [0.2, 0.25) is 0 Å². The van der Waals surface area contributed by atoms with Crippen LogP contribution in [0.1, 0.15) is 32.6 Å². The summed E-state index contributed by atoms with van der Waals surface area (Å²) in [5.74, 6) is 1.11. The van der Waals surface area contributed by atoms with Crippen molar-refractivity contribution in [3.05, 3.63) is 30.3 Å². The van der Waals surface area contributed by atoms with Crippen molar-refractivity contribution in [3.8, 4) is 0 Å². The van der Waals surface area contributed by atoms with Crippen LogP contribution in [0.3, 0.4) is 0 Å². The van der Waals surface area contributed by atoms with Gasteiger partial charge in [-0.25, -0.2) is 13.1 Å². The van der Waals surface area contributed by atoms with Crippen LogP contribution in [0.15, 0.2) is 35.2 Å². The average molecular weight is 267 g/mol. The first kappa shape index (κ1) is 13.6. The number of hydrogen-bond acceptors (Lipinski definition) is 2. The van der Waals surface area contributed by atoms with E-state index in [1.54, 1.807) is 24.3 Å². The summed E-state index contributed by atoms with van der Waals surface area (Å²) in [6.45, 7) is 2.79. The molecule has 0 radical (unpaired) electrons. The number of hydrogen-bond donors (Lipinski definition) is 1. The Balaban J connectivity index is 1.97. The fourth-order valence-electron chi connectivity index (χ4n) is 2.60. The van der Waals surface area contributed by atoms with Crippen LogP contribution >= 0.6 is 0 Å². The summed E-state index contributed by atoms with van der Waals surface area (Å²) in [5.41, 5.74) is 0. The highest BCUT2D eigenvalue weighted by Crippen LogP contribution is 2.29. The Bertz CT molecular complexity index is 470. The molecular formula is C14H21NO2S. The average Bonchev–Trinajstić information content (AvgIpc) is 2.39. The van der Waals surface area contributed by atoms with Crippen molar-refractivity contribution in [2.24, 2.45) is 11.8 Å². The molecule has 0 aromatic heterocycles. The lowest BCUT2D eigenvalue weighted by Gasteiger charge is -2.28. The van der Waals surface area contributed by atoms with Crippen LogP contribution in [-0.2, 0) is 10.0 Å². The fraction of sp³-hybridized carbons (Fsp3) is 0.571. The smallest absolute Gasteiger partial charge is 0.211 e. The molecule has 0 spiro atoms. The van der Waals surface area contributed by atoms with Crippen LogP contribution in [0.5, 0.6) is 0 Å². The minimum absolute atomic E-state index is 0.355. The molecule has 1 fully saturated rings. The first-order chi connectivity index (χ1) is 8.59. The van der Waals surface area contributed by atoms with Gasteiger partial charge in [0.15, 0.2) is 0 Å². The molecule has 2 atom stereocenters. The summed E-state index contributed by atoms with van der Waals surface area (Å²) in [6.07, 6.45) is 4.86. The van der Waals surface area contributed by atoms with Crippen LogP contribution in [-0.4, -0.2) is 15.0 Å². The second-order valence-electron chi connectivity index (χ2n) is 5.19. The minimum Gasteiger partial charge on any atom is -0.211 e. The Morgan fingerprint density at radius 1 is 1.17 bits per heavy atom. The molecule has 0 saturated heterocycles. The zero-order chi connectivity index (χ0) is 13.0. The molecular weight excluding hydrogens is 246 g/mol. The van der Waals surface area contributed by atoms with E-state index >= 15 is 0 Å². The molecule has 0 amide bonds. The van der Waals surface area contributed by atoms with Crippen molar-refractivity contribution in [1.29, 1.82) is 0 Å². The molecule has 3 nitrogen and oxygen atoms in total. The lowest BCUT2D eigenvalue weighted by Crippen LogP contribution is -2.33.